The molecular weight excluding hydrogens is 312 g/mol. The summed E-state index contributed by atoms with van der Waals surface area (Å²) in [6, 6.07) is 17.9. The molecule has 1 N–H and O–H groups in total. The number of rotatable bonds is 4. The lowest BCUT2D eigenvalue weighted by Gasteiger charge is -2.09. The second-order valence-electron chi connectivity index (χ2n) is 6.04. The molecule has 0 aliphatic rings. The molecule has 25 heavy (non-hydrogen) atoms. The lowest BCUT2D eigenvalue weighted by Crippen LogP contribution is -2.08. The van der Waals surface area contributed by atoms with Gasteiger partial charge >= 0.3 is 0 Å². The molecule has 0 radical (unpaired) electrons. The largest absolute Gasteiger partial charge is 0.497 e. The summed E-state index contributed by atoms with van der Waals surface area (Å²) in [6.45, 7) is 0. The van der Waals surface area contributed by atoms with Gasteiger partial charge in [-0.3, -0.25) is 4.79 Å². The van der Waals surface area contributed by atoms with E-state index < -0.39 is 0 Å². The van der Waals surface area contributed by atoms with Gasteiger partial charge in [0.1, 0.15) is 11.4 Å². The van der Waals surface area contributed by atoms with Crippen LogP contribution in [0.15, 0.2) is 65.6 Å². The number of nitrogens with zero attached hydrogens (tertiary/aromatic N) is 1. The van der Waals surface area contributed by atoms with Crippen molar-refractivity contribution >= 4 is 21.8 Å². The van der Waals surface area contributed by atoms with Crippen LogP contribution in [0.25, 0.3) is 21.8 Å². The van der Waals surface area contributed by atoms with E-state index in [1.165, 1.54) is 11.1 Å². The Bertz CT molecular complexity index is 1100. The Morgan fingerprint density at radius 1 is 0.960 bits per heavy atom. The predicted molar refractivity (Wildman–Crippen MR) is 100 cm³/mol. The lowest BCUT2D eigenvalue weighted by molar-refractivity contribution is 0.414. The third-order valence-corrected chi connectivity index (χ3v) is 4.55. The zero-order valence-corrected chi connectivity index (χ0v) is 14.0. The van der Waals surface area contributed by atoms with E-state index in [0.717, 1.165) is 29.4 Å². The van der Waals surface area contributed by atoms with Crippen LogP contribution < -0.4 is 10.3 Å². The monoisotopic (exact) mass is 330 g/mol. The maximum atomic E-state index is 12.2. The van der Waals surface area contributed by atoms with Crippen molar-refractivity contribution in [2.45, 2.75) is 12.8 Å². The number of H-pyrrole nitrogens is 1. The molecule has 0 saturated carbocycles. The Kier molecular flexibility index (Phi) is 3.94. The minimum atomic E-state index is -0.0945. The van der Waals surface area contributed by atoms with Gasteiger partial charge < -0.3 is 9.72 Å². The highest BCUT2D eigenvalue weighted by molar-refractivity contribution is 6.05. The number of aryl methyl sites for hydroxylation is 2. The summed E-state index contributed by atoms with van der Waals surface area (Å²) in [5.41, 5.74) is 2.99. The van der Waals surface area contributed by atoms with Gasteiger partial charge in [0.25, 0.3) is 5.56 Å². The summed E-state index contributed by atoms with van der Waals surface area (Å²) in [5, 5.41) is 2.69. The minimum Gasteiger partial charge on any atom is -0.497 e. The number of hydrogen-bond donors (Lipinski definition) is 1. The van der Waals surface area contributed by atoms with Crippen LogP contribution in [0.1, 0.15) is 11.1 Å². The van der Waals surface area contributed by atoms with Gasteiger partial charge in [-0.05, 0) is 53.6 Å². The number of aromatic amines is 1. The standard InChI is InChI=1S/C21H18N2O2/c1-25-16-10-7-14(8-11-16)6-9-15-12-13-22-20-19(15)17-4-2-3-5-18(17)21(24)23-20/h2-5,7-8,10-13H,6,9H2,1H3,(H,22,23,24). The molecule has 2 aromatic carbocycles. The first-order chi connectivity index (χ1) is 12.3. The second kappa shape index (κ2) is 6.40. The fourth-order valence-corrected chi connectivity index (χ4v) is 3.25. The first-order valence-electron chi connectivity index (χ1n) is 8.28. The molecule has 0 fully saturated rings. The van der Waals surface area contributed by atoms with Crippen molar-refractivity contribution < 1.29 is 4.74 Å². The molecular formula is C21H18N2O2. The van der Waals surface area contributed by atoms with Gasteiger partial charge in [-0.25, -0.2) is 4.98 Å². The number of pyridine rings is 2. The van der Waals surface area contributed by atoms with Crippen molar-refractivity contribution in [1.29, 1.82) is 0 Å². The number of methoxy groups -OCH3 is 1. The van der Waals surface area contributed by atoms with Crippen LogP contribution in [-0.2, 0) is 12.8 Å². The van der Waals surface area contributed by atoms with Gasteiger partial charge in [-0.1, -0.05) is 30.3 Å². The summed E-state index contributed by atoms with van der Waals surface area (Å²) < 4.78 is 5.21. The van der Waals surface area contributed by atoms with E-state index in [1.54, 1.807) is 13.3 Å². The van der Waals surface area contributed by atoms with Crippen LogP contribution in [-0.4, -0.2) is 17.1 Å². The summed E-state index contributed by atoms with van der Waals surface area (Å²) >= 11 is 0. The van der Waals surface area contributed by atoms with E-state index in [9.17, 15) is 4.79 Å². The molecule has 4 rings (SSSR count). The van der Waals surface area contributed by atoms with E-state index in [1.807, 2.05) is 42.5 Å². The van der Waals surface area contributed by atoms with Gasteiger partial charge in [0.15, 0.2) is 0 Å². The molecule has 124 valence electrons. The fraction of sp³-hybridized carbons (Fsp3) is 0.143. The molecule has 2 aromatic heterocycles. The maximum Gasteiger partial charge on any atom is 0.257 e. The van der Waals surface area contributed by atoms with Crippen molar-refractivity contribution in [3.63, 3.8) is 0 Å². The van der Waals surface area contributed by atoms with E-state index in [-0.39, 0.29) is 5.56 Å². The summed E-state index contributed by atoms with van der Waals surface area (Å²) in [7, 11) is 1.67. The first kappa shape index (κ1) is 15.4. The molecule has 4 heteroatoms. The minimum absolute atomic E-state index is 0.0945. The average molecular weight is 330 g/mol. The van der Waals surface area contributed by atoms with E-state index >= 15 is 0 Å². The molecule has 0 spiro atoms. The molecule has 0 bridgehead atoms. The zero-order chi connectivity index (χ0) is 17.2. The van der Waals surface area contributed by atoms with Gasteiger partial charge in [-0.15, -0.1) is 0 Å². The fourth-order valence-electron chi connectivity index (χ4n) is 3.25. The van der Waals surface area contributed by atoms with Gasteiger partial charge in [0.05, 0.1) is 7.11 Å². The van der Waals surface area contributed by atoms with Crippen LogP contribution in [0, 0.1) is 0 Å². The topological polar surface area (TPSA) is 55.0 Å². The number of aromatic nitrogens is 2. The molecule has 0 aliphatic carbocycles. The van der Waals surface area contributed by atoms with Gasteiger partial charge in [0.2, 0.25) is 0 Å². The SMILES string of the molecule is COc1ccc(CCc2ccnc3[nH]c(=O)c4ccccc4c23)cc1. The zero-order valence-electron chi connectivity index (χ0n) is 14.0. The van der Waals surface area contributed by atoms with Crippen LogP contribution >= 0.6 is 0 Å². The average Bonchev–Trinajstić information content (AvgIpc) is 2.67. The number of benzene rings is 2. The van der Waals surface area contributed by atoms with Gasteiger partial charge in [0, 0.05) is 17.0 Å². The number of ether oxygens (including phenoxy) is 1. The third-order valence-electron chi connectivity index (χ3n) is 4.55. The predicted octanol–water partition coefficient (Wildman–Crippen LogP) is 3.87. The van der Waals surface area contributed by atoms with E-state index in [2.05, 4.69) is 22.1 Å². The second-order valence-corrected chi connectivity index (χ2v) is 6.04. The smallest absolute Gasteiger partial charge is 0.257 e. The Morgan fingerprint density at radius 2 is 1.72 bits per heavy atom. The van der Waals surface area contributed by atoms with Crippen molar-refractivity contribution in [2.24, 2.45) is 0 Å². The molecule has 0 aliphatic heterocycles. The van der Waals surface area contributed by atoms with Crippen LogP contribution in [0.2, 0.25) is 0 Å². The van der Waals surface area contributed by atoms with Crippen molar-refractivity contribution in [1.82, 2.24) is 9.97 Å². The Hall–Kier alpha value is -3.14. The van der Waals surface area contributed by atoms with Crippen molar-refractivity contribution in [2.75, 3.05) is 7.11 Å². The van der Waals surface area contributed by atoms with E-state index in [0.29, 0.717) is 11.0 Å². The highest BCUT2D eigenvalue weighted by Gasteiger charge is 2.10. The summed E-state index contributed by atoms with van der Waals surface area (Å²) in [4.78, 5) is 19.5. The highest BCUT2D eigenvalue weighted by atomic mass is 16.5. The normalized spacial score (nSPS) is 11.1. The van der Waals surface area contributed by atoms with Crippen molar-refractivity contribution in [3.8, 4) is 5.75 Å². The molecule has 4 aromatic rings. The number of hydrogen-bond acceptors (Lipinski definition) is 3. The molecule has 0 unspecified atom stereocenters. The van der Waals surface area contributed by atoms with Crippen LogP contribution in [0.3, 0.4) is 0 Å². The van der Waals surface area contributed by atoms with E-state index in [4.69, 9.17) is 4.74 Å². The molecule has 4 nitrogen and oxygen atoms in total. The molecule has 0 atom stereocenters. The Morgan fingerprint density at radius 3 is 2.48 bits per heavy atom. The van der Waals surface area contributed by atoms with Gasteiger partial charge in [-0.2, -0.15) is 0 Å². The Balaban J connectivity index is 1.76. The first-order valence-corrected chi connectivity index (χ1v) is 8.28. The van der Waals surface area contributed by atoms with Crippen molar-refractivity contribution in [3.05, 3.63) is 82.3 Å². The Labute approximate surface area is 145 Å². The summed E-state index contributed by atoms with van der Waals surface area (Å²) in [5.74, 6) is 0.863. The quantitative estimate of drug-likeness (QED) is 0.578. The lowest BCUT2D eigenvalue weighted by atomic mass is 9.99. The highest BCUT2D eigenvalue weighted by Crippen LogP contribution is 2.24. The number of nitrogens with one attached hydrogen (secondary N) is 1. The molecule has 0 amide bonds. The molecule has 2 heterocycles. The van der Waals surface area contributed by atoms with Crippen LogP contribution in [0.5, 0.6) is 5.75 Å². The third kappa shape index (κ3) is 2.87. The maximum absolute atomic E-state index is 12.2. The summed E-state index contributed by atoms with van der Waals surface area (Å²) in [6.07, 6.45) is 3.55. The van der Waals surface area contributed by atoms with Crippen LogP contribution in [0.4, 0.5) is 0 Å². The number of fused-ring (bicyclic) bond motifs is 3. The molecule has 0 saturated heterocycles.